The second kappa shape index (κ2) is 15.2. The van der Waals surface area contributed by atoms with Crippen LogP contribution in [0.3, 0.4) is 0 Å². The van der Waals surface area contributed by atoms with Crippen LogP contribution in [0.15, 0.2) is 133 Å². The summed E-state index contributed by atoms with van der Waals surface area (Å²) in [5, 5.41) is 5.38. The van der Waals surface area contributed by atoms with Gasteiger partial charge in [-0.15, -0.1) is 0 Å². The summed E-state index contributed by atoms with van der Waals surface area (Å²) in [4.78, 5) is 0. The van der Waals surface area contributed by atoms with Gasteiger partial charge in [0.05, 0.1) is 0 Å². The minimum absolute atomic E-state index is 0.0591. The lowest BCUT2D eigenvalue weighted by Gasteiger charge is -2.33. The van der Waals surface area contributed by atoms with Crippen molar-refractivity contribution in [3.8, 4) is 44.5 Å². The van der Waals surface area contributed by atoms with E-state index in [1.807, 2.05) is 0 Å². The molecule has 0 atom stereocenters. The topological polar surface area (TPSA) is 0 Å². The van der Waals surface area contributed by atoms with Crippen molar-refractivity contribution in [1.29, 1.82) is 0 Å². The van der Waals surface area contributed by atoms with Crippen molar-refractivity contribution in [2.45, 2.75) is 116 Å². The van der Waals surface area contributed by atoms with Crippen LogP contribution in [-0.2, 0) is 10.8 Å². The third-order valence-electron chi connectivity index (χ3n) is 13.9. The molecule has 0 amide bonds. The Bertz CT molecular complexity index is 2300. The van der Waals surface area contributed by atoms with Crippen molar-refractivity contribution in [3.63, 3.8) is 0 Å². The third kappa shape index (κ3) is 5.69. The smallest absolute Gasteiger partial charge is 0.0215 e. The Morgan fingerprint density at radius 2 is 0.625 bits per heavy atom. The number of hydrogen-bond donors (Lipinski definition) is 0. The molecule has 0 heterocycles. The molecule has 56 heavy (non-hydrogen) atoms. The van der Waals surface area contributed by atoms with E-state index in [0.717, 1.165) is 0 Å². The number of hydrogen-bond acceptors (Lipinski definition) is 0. The molecule has 0 nitrogen and oxygen atoms in total. The lowest BCUT2D eigenvalue weighted by molar-refractivity contribution is 0.414. The van der Waals surface area contributed by atoms with E-state index in [1.165, 1.54) is 143 Å². The lowest BCUT2D eigenvalue weighted by atomic mass is 9.70. The van der Waals surface area contributed by atoms with Gasteiger partial charge in [0.25, 0.3) is 0 Å². The fraction of sp³-hybridized carbons (Fsp3) is 0.321. The van der Waals surface area contributed by atoms with E-state index < -0.39 is 0 Å². The highest BCUT2D eigenvalue weighted by atomic mass is 14.5. The van der Waals surface area contributed by atoms with E-state index >= 15 is 0 Å². The fourth-order valence-electron chi connectivity index (χ4n) is 11.2. The van der Waals surface area contributed by atoms with Gasteiger partial charge in [-0.1, -0.05) is 200 Å². The van der Waals surface area contributed by atoms with Crippen molar-refractivity contribution in [3.05, 3.63) is 156 Å². The number of benzene rings is 7. The van der Waals surface area contributed by atoms with Crippen molar-refractivity contribution < 1.29 is 0 Å². The van der Waals surface area contributed by atoms with Crippen LogP contribution in [0.5, 0.6) is 0 Å². The lowest BCUT2D eigenvalue weighted by Crippen LogP contribution is -2.25. The Balaban J connectivity index is 1.27. The van der Waals surface area contributed by atoms with Crippen molar-refractivity contribution in [1.82, 2.24) is 0 Å². The highest BCUT2D eigenvalue weighted by Crippen LogP contribution is 2.57. The molecule has 7 aromatic rings. The molecule has 0 heteroatoms. The Labute approximate surface area is 336 Å². The summed E-state index contributed by atoms with van der Waals surface area (Å²) in [6.45, 7) is 9.40. The van der Waals surface area contributed by atoms with Crippen LogP contribution < -0.4 is 0 Å². The van der Waals surface area contributed by atoms with Gasteiger partial charge in [0.1, 0.15) is 0 Å². The van der Waals surface area contributed by atoms with Crippen molar-refractivity contribution >= 4 is 21.5 Å². The van der Waals surface area contributed by atoms with Gasteiger partial charge >= 0.3 is 0 Å². The van der Waals surface area contributed by atoms with E-state index in [9.17, 15) is 0 Å². The maximum atomic E-state index is 2.62. The van der Waals surface area contributed by atoms with Gasteiger partial charge in [0.15, 0.2) is 0 Å². The molecule has 2 aliphatic carbocycles. The van der Waals surface area contributed by atoms with Gasteiger partial charge < -0.3 is 0 Å². The predicted molar refractivity (Wildman–Crippen MR) is 243 cm³/mol. The maximum absolute atomic E-state index is 2.62. The first-order valence-electron chi connectivity index (χ1n) is 22.0. The SMILES string of the molecule is CCCCC1(CCCC)c2ccccc2-c2ccc(-c3c4ccccc4c(-c4ccc5c(c4)C(CCCC)(CCCC)c4ccccc4-5)c4ccccc34)cc21. The molecule has 0 saturated carbocycles. The highest BCUT2D eigenvalue weighted by Gasteiger charge is 2.43. The van der Waals surface area contributed by atoms with Crippen LogP contribution in [0.25, 0.3) is 66.1 Å². The molecule has 0 N–H and O–H groups in total. The summed E-state index contributed by atoms with van der Waals surface area (Å²) < 4.78 is 0. The second-order valence-electron chi connectivity index (χ2n) is 17.0. The average molecular weight is 731 g/mol. The van der Waals surface area contributed by atoms with Crippen LogP contribution >= 0.6 is 0 Å². The fourth-order valence-corrected chi connectivity index (χ4v) is 11.2. The third-order valence-corrected chi connectivity index (χ3v) is 13.9. The molecule has 0 spiro atoms. The Morgan fingerprint density at radius 1 is 0.321 bits per heavy atom. The van der Waals surface area contributed by atoms with Crippen molar-refractivity contribution in [2.75, 3.05) is 0 Å². The molecule has 0 fully saturated rings. The zero-order valence-corrected chi connectivity index (χ0v) is 34.2. The summed E-state index contributed by atoms with van der Waals surface area (Å²) in [5.41, 5.74) is 17.5. The maximum Gasteiger partial charge on any atom is 0.0215 e. The van der Waals surface area contributed by atoms with Crippen LogP contribution in [0.2, 0.25) is 0 Å². The normalized spacial score (nSPS) is 14.5. The Hall–Kier alpha value is -4.94. The van der Waals surface area contributed by atoms with Gasteiger partial charge in [0, 0.05) is 10.8 Å². The Morgan fingerprint density at radius 3 is 0.964 bits per heavy atom. The Kier molecular flexibility index (Phi) is 9.95. The predicted octanol–water partition coefficient (Wildman–Crippen LogP) is 16.6. The van der Waals surface area contributed by atoms with Crippen LogP contribution in [0.4, 0.5) is 0 Å². The summed E-state index contributed by atoms with van der Waals surface area (Å²) in [6.07, 6.45) is 14.7. The molecule has 0 saturated heterocycles. The molecule has 2 aliphatic rings. The van der Waals surface area contributed by atoms with Crippen LogP contribution in [0, 0.1) is 0 Å². The average Bonchev–Trinajstić information content (AvgIpc) is 3.68. The minimum atomic E-state index is 0.0591. The molecule has 0 aliphatic heterocycles. The molecule has 282 valence electrons. The molecule has 0 aromatic heterocycles. The van der Waals surface area contributed by atoms with E-state index in [-0.39, 0.29) is 10.8 Å². The highest BCUT2D eigenvalue weighted by molar-refractivity contribution is 6.21. The molecular weight excluding hydrogens is 673 g/mol. The van der Waals surface area contributed by atoms with Gasteiger partial charge in [-0.05, 0) is 126 Å². The summed E-state index contributed by atoms with van der Waals surface area (Å²) in [7, 11) is 0. The van der Waals surface area contributed by atoms with Crippen LogP contribution in [0.1, 0.15) is 127 Å². The summed E-state index contributed by atoms with van der Waals surface area (Å²) in [6, 6.07) is 52.2. The van der Waals surface area contributed by atoms with Crippen molar-refractivity contribution in [2.24, 2.45) is 0 Å². The molecule has 0 radical (unpaired) electrons. The summed E-state index contributed by atoms with van der Waals surface area (Å²) in [5.74, 6) is 0. The van der Waals surface area contributed by atoms with E-state index in [0.29, 0.717) is 0 Å². The molecule has 0 bridgehead atoms. The van der Waals surface area contributed by atoms with Gasteiger partial charge in [-0.3, -0.25) is 0 Å². The zero-order chi connectivity index (χ0) is 38.3. The van der Waals surface area contributed by atoms with E-state index in [2.05, 4.69) is 161 Å². The number of fused-ring (bicyclic) bond motifs is 8. The molecule has 0 unspecified atom stereocenters. The second-order valence-corrected chi connectivity index (χ2v) is 17.0. The monoisotopic (exact) mass is 730 g/mol. The first kappa shape index (κ1) is 36.7. The molecular formula is C56H58. The number of unbranched alkanes of at least 4 members (excludes halogenated alkanes) is 4. The quantitative estimate of drug-likeness (QED) is 0.0978. The largest absolute Gasteiger partial charge is 0.0654 e. The summed E-state index contributed by atoms with van der Waals surface area (Å²) >= 11 is 0. The van der Waals surface area contributed by atoms with E-state index in [1.54, 1.807) is 22.3 Å². The first-order chi connectivity index (χ1) is 27.6. The minimum Gasteiger partial charge on any atom is -0.0654 e. The van der Waals surface area contributed by atoms with Gasteiger partial charge in [-0.25, -0.2) is 0 Å². The number of rotatable bonds is 14. The van der Waals surface area contributed by atoms with Crippen LogP contribution in [-0.4, -0.2) is 0 Å². The van der Waals surface area contributed by atoms with Gasteiger partial charge in [-0.2, -0.15) is 0 Å². The van der Waals surface area contributed by atoms with Gasteiger partial charge in [0.2, 0.25) is 0 Å². The first-order valence-corrected chi connectivity index (χ1v) is 22.0. The van der Waals surface area contributed by atoms with E-state index in [4.69, 9.17) is 0 Å². The molecule has 7 aromatic carbocycles. The zero-order valence-electron chi connectivity index (χ0n) is 34.2. The molecule has 9 rings (SSSR count). The standard InChI is InChI=1S/C56H58/c1-5-9-33-55(34-10-6-2)49-27-19-17-21-41(49)43-31-29-39(37-51(43)55)53-45-23-13-15-25-47(45)54(48-26-16-14-24-46(48)53)40-30-32-44-42-22-18-20-28-50(42)56(35-11-7-3,36-12-8-4)52(44)38-40/h13-32,37-38H,5-12,33-36H2,1-4H3.